The maximum absolute atomic E-state index is 13.1. The van der Waals surface area contributed by atoms with E-state index in [-0.39, 0.29) is 23.7 Å². The average molecular weight is 336 g/mol. The van der Waals surface area contributed by atoms with E-state index in [2.05, 4.69) is 10.4 Å². The number of nitro groups is 1. The third-order valence-corrected chi connectivity index (χ3v) is 3.60. The molecule has 9 heteroatoms. The van der Waals surface area contributed by atoms with Crippen molar-refractivity contribution in [2.75, 3.05) is 19.0 Å². The molecule has 24 heavy (non-hydrogen) atoms. The number of carbonyl (C=O) groups excluding carboxylic acids is 1. The number of anilines is 1. The van der Waals surface area contributed by atoms with Crippen LogP contribution < -0.4 is 5.32 Å². The number of rotatable bonds is 6. The van der Waals surface area contributed by atoms with Gasteiger partial charge in [0.2, 0.25) is 5.82 Å². The lowest BCUT2D eigenvalue weighted by Gasteiger charge is -2.16. The summed E-state index contributed by atoms with van der Waals surface area (Å²) in [6.45, 7) is 1.57. The quantitative estimate of drug-likeness (QED) is 0.493. The highest BCUT2D eigenvalue weighted by molar-refractivity contribution is 5.79. The van der Waals surface area contributed by atoms with E-state index in [1.165, 1.54) is 43.0 Å². The summed E-state index contributed by atoms with van der Waals surface area (Å²) in [5, 5.41) is 18.1. The minimum atomic E-state index is -0.745. The van der Waals surface area contributed by atoms with Gasteiger partial charge in [0.25, 0.3) is 0 Å². The first-order chi connectivity index (χ1) is 11.3. The normalized spacial score (nSPS) is 11.8. The molecule has 0 radical (unpaired) electrons. The second-order valence-corrected chi connectivity index (χ2v) is 5.17. The van der Waals surface area contributed by atoms with Crippen molar-refractivity contribution >= 4 is 17.5 Å². The molecule has 0 bridgehead atoms. The monoisotopic (exact) mass is 336 g/mol. The van der Waals surface area contributed by atoms with Crippen LogP contribution in [0.3, 0.4) is 0 Å². The van der Waals surface area contributed by atoms with Crippen molar-refractivity contribution in [1.29, 1.82) is 0 Å². The Labute approximate surface area is 137 Å². The predicted molar refractivity (Wildman–Crippen MR) is 84.2 cm³/mol. The van der Waals surface area contributed by atoms with Crippen LogP contribution in [0, 0.1) is 22.9 Å². The highest BCUT2D eigenvalue weighted by Crippen LogP contribution is 2.28. The second-order valence-electron chi connectivity index (χ2n) is 5.17. The van der Waals surface area contributed by atoms with E-state index in [0.717, 1.165) is 0 Å². The molecule has 1 aromatic carbocycles. The van der Waals surface area contributed by atoms with E-state index in [9.17, 15) is 19.3 Å². The average Bonchev–Trinajstić information content (AvgIpc) is 2.82. The highest BCUT2D eigenvalue weighted by atomic mass is 19.1. The van der Waals surface area contributed by atoms with E-state index < -0.39 is 22.6 Å². The predicted octanol–water partition coefficient (Wildman–Crippen LogP) is 2.14. The number of nitrogens with zero attached hydrogens (tertiary/aromatic N) is 3. The Balaban J connectivity index is 2.28. The number of halogens is 1. The van der Waals surface area contributed by atoms with Crippen LogP contribution in [0.1, 0.15) is 17.2 Å². The summed E-state index contributed by atoms with van der Waals surface area (Å²) < 4.78 is 19.2. The largest absolute Gasteiger partial charge is 0.468 e. The molecule has 1 unspecified atom stereocenters. The Morgan fingerprint density at radius 3 is 2.62 bits per heavy atom. The Morgan fingerprint density at radius 1 is 1.46 bits per heavy atom. The molecule has 1 heterocycles. The van der Waals surface area contributed by atoms with Gasteiger partial charge in [0, 0.05) is 13.6 Å². The van der Waals surface area contributed by atoms with Gasteiger partial charge in [-0.2, -0.15) is 5.10 Å². The molecule has 0 fully saturated rings. The van der Waals surface area contributed by atoms with E-state index in [1.54, 1.807) is 7.05 Å². The first-order valence-electron chi connectivity index (χ1n) is 7.10. The summed E-state index contributed by atoms with van der Waals surface area (Å²) in [5.41, 5.74) is 0.652. The molecular formula is C15H17FN4O4. The highest BCUT2D eigenvalue weighted by Gasteiger charge is 2.27. The Hall–Kier alpha value is -2.97. The lowest BCUT2D eigenvalue weighted by Crippen LogP contribution is -2.23. The molecule has 1 aromatic heterocycles. The number of nitrogens with one attached hydrogen (secondary N) is 1. The van der Waals surface area contributed by atoms with Gasteiger partial charge in [-0.1, -0.05) is 12.1 Å². The second kappa shape index (κ2) is 7.07. The van der Waals surface area contributed by atoms with Crippen LogP contribution in [0.4, 0.5) is 15.9 Å². The first kappa shape index (κ1) is 17.4. The minimum absolute atomic E-state index is 0.0398. The lowest BCUT2D eigenvalue weighted by atomic mass is 9.99. The van der Waals surface area contributed by atoms with Crippen molar-refractivity contribution in [1.82, 2.24) is 9.78 Å². The van der Waals surface area contributed by atoms with Crippen molar-refractivity contribution in [3.63, 3.8) is 0 Å². The van der Waals surface area contributed by atoms with Gasteiger partial charge in [0.15, 0.2) is 0 Å². The van der Waals surface area contributed by atoms with Gasteiger partial charge in [0.1, 0.15) is 11.5 Å². The molecule has 0 aliphatic rings. The summed E-state index contributed by atoms with van der Waals surface area (Å²) in [7, 11) is 2.81. The first-order valence-corrected chi connectivity index (χ1v) is 7.10. The van der Waals surface area contributed by atoms with Crippen LogP contribution in [0.25, 0.3) is 0 Å². The number of ether oxygens (including phenoxy) is 1. The zero-order valence-corrected chi connectivity index (χ0v) is 13.4. The topological polar surface area (TPSA) is 99.3 Å². The molecule has 0 spiro atoms. The molecule has 8 nitrogen and oxygen atoms in total. The SMILES string of the molecule is COC(=O)C(CNc1c([N+](=O)[O-])c(C)nn1C)c1ccc(F)cc1. The standard InChI is InChI=1S/C15H17FN4O4/c1-9-13(20(22)23)14(19(2)18-9)17-8-12(15(21)24-3)10-4-6-11(16)7-5-10/h4-7,12,17H,8H2,1-3H3. The maximum atomic E-state index is 13.1. The maximum Gasteiger partial charge on any atom is 0.333 e. The van der Waals surface area contributed by atoms with E-state index in [0.29, 0.717) is 5.56 Å². The summed E-state index contributed by atoms with van der Waals surface area (Å²) in [6, 6.07) is 5.42. The molecule has 128 valence electrons. The van der Waals surface area contributed by atoms with Gasteiger partial charge >= 0.3 is 11.7 Å². The van der Waals surface area contributed by atoms with Gasteiger partial charge < -0.3 is 10.1 Å². The number of carbonyl (C=O) groups is 1. The van der Waals surface area contributed by atoms with Crippen molar-refractivity contribution in [2.45, 2.75) is 12.8 Å². The van der Waals surface area contributed by atoms with Crippen LogP contribution in [-0.4, -0.2) is 34.3 Å². The fraction of sp³-hybridized carbons (Fsp3) is 0.333. The van der Waals surface area contributed by atoms with E-state index in [1.807, 2.05) is 0 Å². The molecule has 0 saturated heterocycles. The molecule has 2 aromatic rings. The van der Waals surface area contributed by atoms with Crippen molar-refractivity contribution in [3.8, 4) is 0 Å². The van der Waals surface area contributed by atoms with Crippen molar-refractivity contribution < 1.29 is 18.8 Å². The van der Waals surface area contributed by atoms with Gasteiger partial charge in [-0.25, -0.2) is 9.07 Å². The van der Waals surface area contributed by atoms with Crippen LogP contribution >= 0.6 is 0 Å². The third-order valence-electron chi connectivity index (χ3n) is 3.60. The zero-order chi connectivity index (χ0) is 17.9. The molecule has 0 aliphatic carbocycles. The summed E-state index contributed by atoms with van der Waals surface area (Å²) in [4.78, 5) is 22.7. The van der Waals surface area contributed by atoms with Crippen LogP contribution in [0.5, 0.6) is 0 Å². The molecular weight excluding hydrogens is 319 g/mol. The smallest absolute Gasteiger partial charge is 0.333 e. The van der Waals surface area contributed by atoms with Gasteiger partial charge in [-0.3, -0.25) is 14.9 Å². The number of esters is 1. The fourth-order valence-corrected chi connectivity index (χ4v) is 2.44. The Morgan fingerprint density at radius 2 is 2.08 bits per heavy atom. The third kappa shape index (κ3) is 3.50. The van der Waals surface area contributed by atoms with Gasteiger partial charge in [0.05, 0.1) is 18.0 Å². The molecule has 0 saturated carbocycles. The fourth-order valence-electron chi connectivity index (χ4n) is 2.44. The molecule has 0 aliphatic heterocycles. The van der Waals surface area contributed by atoms with Crippen molar-refractivity contribution in [3.05, 3.63) is 51.5 Å². The number of aryl methyl sites for hydroxylation is 2. The number of hydrogen-bond acceptors (Lipinski definition) is 6. The van der Waals surface area contributed by atoms with Crippen LogP contribution in [-0.2, 0) is 16.6 Å². The molecule has 1 atom stereocenters. The Bertz CT molecular complexity index is 758. The van der Waals surface area contributed by atoms with Gasteiger partial charge in [-0.05, 0) is 24.6 Å². The summed E-state index contributed by atoms with van der Waals surface area (Å²) in [6.07, 6.45) is 0. The zero-order valence-electron chi connectivity index (χ0n) is 13.4. The van der Waals surface area contributed by atoms with Crippen molar-refractivity contribution in [2.24, 2.45) is 7.05 Å². The molecule has 0 amide bonds. The Kier molecular flexibility index (Phi) is 5.12. The van der Waals surface area contributed by atoms with E-state index >= 15 is 0 Å². The number of hydrogen-bond donors (Lipinski definition) is 1. The summed E-state index contributed by atoms with van der Waals surface area (Å²) >= 11 is 0. The number of methoxy groups -OCH3 is 1. The molecule has 2 rings (SSSR count). The van der Waals surface area contributed by atoms with Crippen LogP contribution in [0.2, 0.25) is 0 Å². The van der Waals surface area contributed by atoms with Crippen LogP contribution in [0.15, 0.2) is 24.3 Å². The molecule has 1 N–H and O–H groups in total. The van der Waals surface area contributed by atoms with Gasteiger partial charge in [-0.15, -0.1) is 0 Å². The number of benzene rings is 1. The lowest BCUT2D eigenvalue weighted by molar-refractivity contribution is -0.384. The number of aromatic nitrogens is 2. The summed E-state index contributed by atoms with van der Waals surface area (Å²) in [5.74, 6) is -1.51. The minimum Gasteiger partial charge on any atom is -0.468 e. The van der Waals surface area contributed by atoms with E-state index in [4.69, 9.17) is 4.74 Å².